The zero-order chi connectivity index (χ0) is 10.3. The SMILES string of the molecule is CNC(=O)[C-]1CCN(C=O)C1.[CH-]=O.[Y]. The molecule has 0 aromatic rings. The van der Waals surface area contributed by atoms with E-state index in [1.165, 1.54) is 0 Å². The van der Waals surface area contributed by atoms with Crippen molar-refractivity contribution in [2.75, 3.05) is 20.1 Å². The van der Waals surface area contributed by atoms with Gasteiger partial charge in [-0.1, -0.05) is 6.54 Å². The van der Waals surface area contributed by atoms with Gasteiger partial charge in [0.2, 0.25) is 6.41 Å². The van der Waals surface area contributed by atoms with Crippen LogP contribution in [-0.4, -0.2) is 44.1 Å². The summed E-state index contributed by atoms with van der Waals surface area (Å²) >= 11 is 0. The van der Waals surface area contributed by atoms with Crippen molar-refractivity contribution in [3.05, 3.63) is 5.92 Å². The molecule has 1 radical (unpaired) electrons. The summed E-state index contributed by atoms with van der Waals surface area (Å²) in [6.45, 7) is 4.41. The first-order valence-electron chi connectivity index (χ1n) is 3.77. The molecule has 1 N–H and O–H groups in total. The molecule has 0 spiro atoms. The summed E-state index contributed by atoms with van der Waals surface area (Å²) in [5.41, 5.74) is 0. The van der Waals surface area contributed by atoms with Gasteiger partial charge in [0.1, 0.15) is 0 Å². The Bertz CT molecular complexity index is 189. The number of carbonyl (C=O) groups is 2. The second-order valence-electron chi connectivity index (χ2n) is 2.51. The molecular formula is C8H12N2O3Y-2. The second kappa shape index (κ2) is 9.15. The number of likely N-dealkylation sites (tertiary alicyclic amines) is 1. The Morgan fingerprint density at radius 2 is 2.14 bits per heavy atom. The van der Waals surface area contributed by atoms with Crippen LogP contribution in [0.25, 0.3) is 0 Å². The molecule has 1 heterocycles. The molecule has 1 fully saturated rings. The number of carbonyl (C=O) groups excluding carboxylic acids is 3. The third-order valence-electron chi connectivity index (χ3n) is 1.79. The van der Waals surface area contributed by atoms with Crippen molar-refractivity contribution in [2.24, 2.45) is 0 Å². The van der Waals surface area contributed by atoms with E-state index >= 15 is 0 Å². The van der Waals surface area contributed by atoms with Gasteiger partial charge in [0, 0.05) is 39.8 Å². The van der Waals surface area contributed by atoms with Crippen molar-refractivity contribution >= 4 is 19.1 Å². The first-order valence-corrected chi connectivity index (χ1v) is 3.77. The van der Waals surface area contributed by atoms with Gasteiger partial charge < -0.3 is 19.8 Å². The molecule has 6 heteroatoms. The summed E-state index contributed by atoms with van der Waals surface area (Å²) in [4.78, 5) is 30.6. The molecule has 1 aliphatic rings. The Kier molecular flexibility index (Phi) is 10.5. The van der Waals surface area contributed by atoms with Crippen molar-refractivity contribution in [3.8, 4) is 0 Å². The average Bonchev–Trinajstić information content (AvgIpc) is 2.68. The van der Waals surface area contributed by atoms with Crippen LogP contribution in [0.2, 0.25) is 0 Å². The third-order valence-corrected chi connectivity index (χ3v) is 1.79. The summed E-state index contributed by atoms with van der Waals surface area (Å²) in [6.07, 6.45) is 1.48. The van der Waals surface area contributed by atoms with E-state index in [2.05, 4.69) is 12.1 Å². The van der Waals surface area contributed by atoms with Crippen molar-refractivity contribution < 1.29 is 47.1 Å². The Morgan fingerprint density at radius 3 is 2.50 bits per heavy atom. The number of nitrogens with zero attached hydrogens (tertiary/aromatic N) is 1. The van der Waals surface area contributed by atoms with Gasteiger partial charge >= 0.3 is 0 Å². The van der Waals surface area contributed by atoms with Gasteiger partial charge in [0.05, 0.1) is 5.91 Å². The molecule has 0 aliphatic carbocycles. The molecular weight excluding hydrogens is 261 g/mol. The van der Waals surface area contributed by atoms with Crippen LogP contribution < -0.4 is 5.32 Å². The van der Waals surface area contributed by atoms with E-state index in [0.717, 1.165) is 12.3 Å². The first-order chi connectivity index (χ1) is 6.27. The van der Waals surface area contributed by atoms with Gasteiger partial charge in [-0.15, -0.1) is 6.42 Å². The van der Waals surface area contributed by atoms with Crippen LogP contribution in [0.15, 0.2) is 0 Å². The monoisotopic (exact) mass is 273 g/mol. The molecule has 0 aromatic heterocycles. The molecule has 5 nitrogen and oxygen atoms in total. The topological polar surface area (TPSA) is 66.5 Å². The van der Waals surface area contributed by atoms with Gasteiger partial charge in [-0.2, -0.15) is 0 Å². The average molecular weight is 273 g/mol. The predicted octanol–water partition coefficient (Wildman–Crippen LogP) is -1.11. The van der Waals surface area contributed by atoms with Gasteiger partial charge in [-0.05, 0) is 6.54 Å². The summed E-state index contributed by atoms with van der Waals surface area (Å²) in [5.74, 6) is 0.744. The van der Waals surface area contributed by atoms with Crippen molar-refractivity contribution in [1.82, 2.24) is 10.2 Å². The molecule has 0 atom stereocenters. The smallest absolute Gasteiger partial charge is 0.207 e. The minimum Gasteiger partial charge on any atom is -0.545 e. The second-order valence-corrected chi connectivity index (χ2v) is 2.51. The van der Waals surface area contributed by atoms with Crippen molar-refractivity contribution in [1.29, 1.82) is 0 Å². The first kappa shape index (κ1) is 16.0. The largest absolute Gasteiger partial charge is 0.545 e. The molecule has 0 aromatic carbocycles. The Hall–Kier alpha value is -0.416. The molecule has 0 unspecified atom stereocenters. The maximum atomic E-state index is 11.0. The number of nitrogens with one attached hydrogen (secondary N) is 1. The zero-order valence-electron chi connectivity index (χ0n) is 8.03. The Balaban J connectivity index is 0. The van der Waals surface area contributed by atoms with Crippen molar-refractivity contribution in [2.45, 2.75) is 6.42 Å². The predicted molar refractivity (Wildman–Crippen MR) is 46.3 cm³/mol. The molecule has 0 bridgehead atoms. The Labute approximate surface area is 108 Å². The fourth-order valence-corrected chi connectivity index (χ4v) is 1.13. The number of rotatable bonds is 2. The Morgan fingerprint density at radius 1 is 1.57 bits per heavy atom. The normalized spacial score (nSPS) is 13.5. The molecule has 0 saturated carbocycles. The van der Waals surface area contributed by atoms with Gasteiger partial charge in [-0.25, -0.2) is 0 Å². The number of hydrogen-bond donors (Lipinski definition) is 1. The summed E-state index contributed by atoms with van der Waals surface area (Å²) in [7, 11) is 1.60. The minimum atomic E-state index is -0.0469. The van der Waals surface area contributed by atoms with Crippen molar-refractivity contribution in [3.63, 3.8) is 0 Å². The van der Waals surface area contributed by atoms with Crippen LogP contribution >= 0.6 is 0 Å². The van der Waals surface area contributed by atoms with Crippen LogP contribution in [0.5, 0.6) is 0 Å². The summed E-state index contributed by atoms with van der Waals surface area (Å²) < 4.78 is 0. The molecule has 1 saturated heterocycles. The molecule has 77 valence electrons. The van der Waals surface area contributed by atoms with E-state index in [9.17, 15) is 9.59 Å². The minimum absolute atomic E-state index is 0. The number of hydrogen-bond acceptors (Lipinski definition) is 3. The van der Waals surface area contributed by atoms with E-state index in [1.54, 1.807) is 11.9 Å². The molecule has 1 rings (SSSR count). The van der Waals surface area contributed by atoms with E-state index in [4.69, 9.17) is 4.79 Å². The van der Waals surface area contributed by atoms with Crippen LogP contribution in [0.3, 0.4) is 0 Å². The fraction of sp³-hybridized carbons (Fsp3) is 0.500. The number of amides is 2. The van der Waals surface area contributed by atoms with E-state index in [-0.39, 0.29) is 38.6 Å². The standard InChI is InChI=1S/C7H11N2O2.CHO.Y/c1-8-7(11)6-2-3-9(4-6)5-10;1-2;/h5H,2-4H2,1H3,(H,8,11);1H;/q2*-1;. The van der Waals surface area contributed by atoms with Gasteiger partial charge in [-0.3, -0.25) is 17.5 Å². The van der Waals surface area contributed by atoms with Gasteiger partial charge in [0.25, 0.3) is 0 Å². The van der Waals surface area contributed by atoms with Crippen LogP contribution in [0.1, 0.15) is 6.42 Å². The fourth-order valence-electron chi connectivity index (χ4n) is 1.13. The molecule has 14 heavy (non-hydrogen) atoms. The van der Waals surface area contributed by atoms with E-state index < -0.39 is 0 Å². The molecule has 2 amide bonds. The van der Waals surface area contributed by atoms with Crippen LogP contribution in [-0.2, 0) is 47.1 Å². The molecule has 1 aliphatic heterocycles. The maximum absolute atomic E-state index is 11.0. The van der Waals surface area contributed by atoms with E-state index in [0.29, 0.717) is 19.5 Å². The summed E-state index contributed by atoms with van der Waals surface area (Å²) in [6, 6.07) is 0. The summed E-state index contributed by atoms with van der Waals surface area (Å²) in [5, 5.41) is 2.53. The van der Waals surface area contributed by atoms with Crippen LogP contribution in [0.4, 0.5) is 0 Å². The maximum Gasteiger partial charge on any atom is 0.207 e. The quantitative estimate of drug-likeness (QED) is 0.512. The van der Waals surface area contributed by atoms with Gasteiger partial charge in [0.15, 0.2) is 0 Å². The third kappa shape index (κ3) is 4.72. The van der Waals surface area contributed by atoms with E-state index in [1.807, 2.05) is 0 Å². The van der Waals surface area contributed by atoms with Crippen LogP contribution in [0, 0.1) is 5.92 Å². The zero-order valence-corrected chi connectivity index (χ0v) is 10.9.